The molecule has 0 spiro atoms. The van der Waals surface area contributed by atoms with Gasteiger partial charge in [-0.05, 0) is 0 Å². The molecule has 0 aliphatic heterocycles. The molecule has 0 saturated heterocycles. The predicted molar refractivity (Wildman–Crippen MR) is 35.1 cm³/mol. The molecule has 0 aliphatic rings. The maximum atomic E-state index is 8.88. The first kappa shape index (κ1) is 32.4. The first-order valence-corrected chi connectivity index (χ1v) is 2.35. The first-order valence-electron chi connectivity index (χ1n) is 0.783. The summed E-state index contributed by atoms with van der Waals surface area (Å²) < 4.78 is 8.88. The van der Waals surface area contributed by atoms with E-state index in [1.807, 2.05) is 0 Å². The van der Waals surface area contributed by atoms with Gasteiger partial charge >= 0.3 is 7.82 Å². The molecule has 0 aliphatic carbocycles. The topological polar surface area (TPSA) is 183 Å². The smallest absolute Gasteiger partial charge is 0.344 e. The Morgan fingerprint density at radius 2 is 0.889 bits per heavy atom. The maximum absolute atomic E-state index is 8.88. The van der Waals surface area contributed by atoms with Gasteiger partial charge in [0.05, 0.1) is 0 Å². The fourth-order valence-electron chi connectivity index (χ4n) is 0. The summed E-state index contributed by atoms with van der Waals surface area (Å²) in [4.78, 5) is 21.6. The van der Waals surface area contributed by atoms with Crippen molar-refractivity contribution >= 4 is 37.4 Å². The SMILES string of the molecule is N.N.N.O=P(O)(O)O.[Na]. The molecule has 9 heavy (non-hydrogen) atoms. The number of rotatable bonds is 0. The van der Waals surface area contributed by atoms with Crippen molar-refractivity contribution in [3.8, 4) is 0 Å². The fraction of sp³-hybridized carbons (Fsp3) is 0. The molecule has 7 nitrogen and oxygen atoms in total. The van der Waals surface area contributed by atoms with E-state index in [-0.39, 0.29) is 48.0 Å². The van der Waals surface area contributed by atoms with Crippen LogP contribution in [0.25, 0.3) is 0 Å². The third-order valence-corrected chi connectivity index (χ3v) is 0. The zero-order valence-electron chi connectivity index (χ0n) is 5.32. The standard InChI is InChI=1S/3H3N.Na.H3O4P/c;;;;1-5(2,3)4/h3*1H3;;(H3,1,2,3,4). The van der Waals surface area contributed by atoms with Gasteiger partial charge in [0.25, 0.3) is 0 Å². The van der Waals surface area contributed by atoms with E-state index in [0.29, 0.717) is 0 Å². The number of hydrogen-bond donors (Lipinski definition) is 6. The normalized spacial score (nSPS) is 6.56. The molecule has 0 rings (SSSR count). The van der Waals surface area contributed by atoms with Crippen LogP contribution in [0.1, 0.15) is 0 Å². The van der Waals surface area contributed by atoms with Crippen LogP contribution in [0.2, 0.25) is 0 Å². The van der Waals surface area contributed by atoms with Crippen LogP contribution in [-0.2, 0) is 4.57 Å². The van der Waals surface area contributed by atoms with Gasteiger partial charge in [-0.15, -0.1) is 0 Å². The third-order valence-electron chi connectivity index (χ3n) is 0. The Bertz CT molecular complexity index is 61.9. The molecule has 0 unspecified atom stereocenters. The van der Waals surface area contributed by atoms with Crippen LogP contribution in [0, 0.1) is 0 Å². The van der Waals surface area contributed by atoms with Gasteiger partial charge < -0.3 is 33.1 Å². The summed E-state index contributed by atoms with van der Waals surface area (Å²) >= 11 is 0. The Labute approximate surface area is 75.1 Å². The van der Waals surface area contributed by atoms with Crippen molar-refractivity contribution in [1.82, 2.24) is 18.5 Å². The first-order chi connectivity index (χ1) is 2.00. The van der Waals surface area contributed by atoms with Gasteiger partial charge in [-0.2, -0.15) is 0 Å². The Morgan fingerprint density at radius 1 is 0.889 bits per heavy atom. The molecule has 57 valence electrons. The van der Waals surface area contributed by atoms with E-state index >= 15 is 0 Å². The van der Waals surface area contributed by atoms with Crippen molar-refractivity contribution < 1.29 is 19.2 Å². The van der Waals surface area contributed by atoms with Gasteiger partial charge in [0.1, 0.15) is 0 Å². The zero-order valence-corrected chi connectivity index (χ0v) is 8.21. The van der Waals surface area contributed by atoms with Gasteiger partial charge in [-0.25, -0.2) is 4.57 Å². The average molecular weight is 172 g/mol. The van der Waals surface area contributed by atoms with Gasteiger partial charge in [0.2, 0.25) is 0 Å². The largest absolute Gasteiger partial charge is 0.466 e. The molecular weight excluding hydrogens is 160 g/mol. The molecule has 0 amide bonds. The Balaban J connectivity index is -0.0000000133. The summed E-state index contributed by atoms with van der Waals surface area (Å²) in [5.74, 6) is 0. The van der Waals surface area contributed by atoms with E-state index in [4.69, 9.17) is 19.2 Å². The average Bonchev–Trinajstić information content (AvgIpc) is 0.722. The van der Waals surface area contributed by atoms with Gasteiger partial charge in [0, 0.05) is 29.6 Å². The van der Waals surface area contributed by atoms with E-state index in [9.17, 15) is 0 Å². The van der Waals surface area contributed by atoms with Gasteiger partial charge in [0.15, 0.2) is 0 Å². The van der Waals surface area contributed by atoms with Crippen LogP contribution < -0.4 is 18.5 Å². The second kappa shape index (κ2) is 11.7. The minimum absolute atomic E-state index is 0. The van der Waals surface area contributed by atoms with Crippen LogP contribution >= 0.6 is 7.82 Å². The minimum atomic E-state index is -4.64. The molecule has 0 fully saturated rings. The van der Waals surface area contributed by atoms with Crippen LogP contribution in [0.4, 0.5) is 0 Å². The molecule has 0 aromatic rings. The summed E-state index contributed by atoms with van der Waals surface area (Å²) in [5, 5.41) is 0. The minimum Gasteiger partial charge on any atom is -0.344 e. The molecule has 9 heteroatoms. The molecule has 0 heterocycles. The number of hydrogen-bond acceptors (Lipinski definition) is 4. The molecule has 0 saturated carbocycles. The zero-order chi connectivity index (χ0) is 4.50. The fourth-order valence-corrected chi connectivity index (χ4v) is 0. The van der Waals surface area contributed by atoms with Crippen LogP contribution in [-0.4, -0.2) is 44.2 Å². The molecular formula is H12N3NaO4P. The Morgan fingerprint density at radius 3 is 0.889 bits per heavy atom. The summed E-state index contributed by atoms with van der Waals surface area (Å²) in [6, 6.07) is 0. The van der Waals surface area contributed by atoms with Crippen molar-refractivity contribution in [3.63, 3.8) is 0 Å². The molecule has 12 N–H and O–H groups in total. The maximum Gasteiger partial charge on any atom is 0.466 e. The monoisotopic (exact) mass is 172 g/mol. The summed E-state index contributed by atoms with van der Waals surface area (Å²) in [6.07, 6.45) is 0. The molecule has 0 bridgehead atoms. The van der Waals surface area contributed by atoms with Crippen molar-refractivity contribution in [2.75, 3.05) is 0 Å². The van der Waals surface area contributed by atoms with Crippen molar-refractivity contribution in [3.05, 3.63) is 0 Å². The quantitative estimate of drug-likeness (QED) is 0.203. The van der Waals surface area contributed by atoms with E-state index in [1.165, 1.54) is 0 Å². The third kappa shape index (κ3) is 448. The molecule has 0 aromatic heterocycles. The number of phosphoric acid groups is 1. The summed E-state index contributed by atoms with van der Waals surface area (Å²) in [7, 11) is -4.64. The second-order valence-corrected chi connectivity index (χ2v) is 1.54. The van der Waals surface area contributed by atoms with Crippen molar-refractivity contribution in [2.24, 2.45) is 0 Å². The molecule has 1 radical (unpaired) electrons. The molecule has 0 aromatic carbocycles. The summed E-state index contributed by atoms with van der Waals surface area (Å²) in [5.41, 5.74) is 0. The van der Waals surface area contributed by atoms with Crippen LogP contribution in [0.15, 0.2) is 0 Å². The van der Waals surface area contributed by atoms with E-state index in [0.717, 1.165) is 0 Å². The Hall–Kier alpha value is 0.990. The van der Waals surface area contributed by atoms with E-state index in [1.54, 1.807) is 0 Å². The van der Waals surface area contributed by atoms with Crippen LogP contribution in [0.3, 0.4) is 0 Å². The van der Waals surface area contributed by atoms with Gasteiger partial charge in [-0.3, -0.25) is 0 Å². The van der Waals surface area contributed by atoms with Gasteiger partial charge in [-0.1, -0.05) is 0 Å². The Kier molecular flexibility index (Phi) is 42.3. The summed E-state index contributed by atoms with van der Waals surface area (Å²) in [6.45, 7) is 0. The van der Waals surface area contributed by atoms with Crippen molar-refractivity contribution in [1.29, 1.82) is 0 Å². The second-order valence-electron chi connectivity index (χ2n) is 0.513. The molecule has 0 atom stereocenters. The predicted octanol–water partition coefficient (Wildman–Crippen LogP) is -0.823. The van der Waals surface area contributed by atoms with E-state index < -0.39 is 7.82 Å². The van der Waals surface area contributed by atoms with Crippen molar-refractivity contribution in [2.45, 2.75) is 0 Å². The van der Waals surface area contributed by atoms with E-state index in [2.05, 4.69) is 0 Å². The van der Waals surface area contributed by atoms with Crippen LogP contribution in [0.5, 0.6) is 0 Å².